The minimum Gasteiger partial charge on any atom is -0.351 e. The molecule has 15 heavy (non-hydrogen) atoms. The molecular formula is C9H12N2O3S. The van der Waals surface area contributed by atoms with Gasteiger partial charge in [0.05, 0.1) is 4.90 Å². The Balaban J connectivity index is 3.19. The van der Waals surface area contributed by atoms with Crippen molar-refractivity contribution in [1.82, 2.24) is 4.31 Å². The fourth-order valence-electron chi connectivity index (χ4n) is 1.16. The number of benzene rings is 1. The molecule has 2 amide bonds. The first-order chi connectivity index (χ1) is 7.00. The first-order valence-corrected chi connectivity index (χ1v) is 5.81. The molecule has 0 unspecified atom stereocenters. The first kappa shape index (κ1) is 11.5. The highest BCUT2D eigenvalue weighted by Gasteiger charge is 2.25. The van der Waals surface area contributed by atoms with Gasteiger partial charge in [-0.3, -0.25) is 0 Å². The van der Waals surface area contributed by atoms with E-state index in [1.165, 1.54) is 12.1 Å². The molecule has 0 aromatic heterocycles. The Morgan fingerprint density at radius 2 is 1.87 bits per heavy atom. The monoisotopic (exact) mass is 228 g/mol. The second-order valence-corrected chi connectivity index (χ2v) is 4.68. The minimum absolute atomic E-state index is 0.0204. The smallest absolute Gasteiger partial charge is 0.328 e. The predicted octanol–water partition coefficient (Wildman–Crippen LogP) is 0.776. The van der Waals surface area contributed by atoms with E-state index in [-0.39, 0.29) is 11.4 Å². The van der Waals surface area contributed by atoms with Gasteiger partial charge in [-0.15, -0.1) is 0 Å². The van der Waals surface area contributed by atoms with Crippen LogP contribution < -0.4 is 5.73 Å². The number of rotatable bonds is 3. The highest BCUT2D eigenvalue weighted by Crippen LogP contribution is 2.14. The number of amides is 2. The molecule has 1 rings (SSSR count). The van der Waals surface area contributed by atoms with E-state index >= 15 is 0 Å². The standard InChI is InChI=1S/C9H12N2O3S/c1-2-11(9(10)12)15(13,14)8-6-4-3-5-7-8/h3-7H,2H2,1H3,(H2,10,12). The molecule has 0 aliphatic rings. The summed E-state index contributed by atoms with van der Waals surface area (Å²) in [5.41, 5.74) is 4.98. The van der Waals surface area contributed by atoms with Gasteiger partial charge in [-0.05, 0) is 19.1 Å². The number of hydrogen-bond donors (Lipinski definition) is 1. The maximum absolute atomic E-state index is 11.8. The molecule has 1 aromatic carbocycles. The Morgan fingerprint density at radius 3 is 2.27 bits per heavy atom. The first-order valence-electron chi connectivity index (χ1n) is 4.37. The minimum atomic E-state index is -3.79. The lowest BCUT2D eigenvalue weighted by Crippen LogP contribution is -2.40. The Hall–Kier alpha value is -1.56. The number of hydrogen-bond acceptors (Lipinski definition) is 3. The van der Waals surface area contributed by atoms with Crippen LogP contribution in [0.5, 0.6) is 0 Å². The van der Waals surface area contributed by atoms with Crippen LogP contribution in [0.25, 0.3) is 0 Å². The van der Waals surface area contributed by atoms with Crippen molar-refractivity contribution in [3.63, 3.8) is 0 Å². The van der Waals surface area contributed by atoms with Crippen LogP contribution >= 0.6 is 0 Å². The van der Waals surface area contributed by atoms with E-state index in [2.05, 4.69) is 0 Å². The SMILES string of the molecule is CCN(C(N)=O)S(=O)(=O)c1ccccc1. The van der Waals surface area contributed by atoms with Crippen LogP contribution in [0.2, 0.25) is 0 Å². The van der Waals surface area contributed by atoms with Crippen molar-refractivity contribution in [2.45, 2.75) is 11.8 Å². The number of carbonyl (C=O) groups is 1. The Kier molecular flexibility index (Phi) is 3.31. The Morgan fingerprint density at radius 1 is 1.33 bits per heavy atom. The van der Waals surface area contributed by atoms with Gasteiger partial charge in [-0.1, -0.05) is 18.2 Å². The maximum Gasteiger partial charge on any atom is 0.328 e. The van der Waals surface area contributed by atoms with Crippen molar-refractivity contribution in [2.24, 2.45) is 5.73 Å². The summed E-state index contributed by atoms with van der Waals surface area (Å²) < 4.78 is 24.3. The summed E-state index contributed by atoms with van der Waals surface area (Å²) >= 11 is 0. The molecule has 6 heteroatoms. The van der Waals surface area contributed by atoms with Gasteiger partial charge >= 0.3 is 6.03 Å². The van der Waals surface area contributed by atoms with Crippen LogP contribution in [0.15, 0.2) is 35.2 Å². The zero-order chi connectivity index (χ0) is 11.5. The molecule has 0 aliphatic heterocycles. The number of nitrogens with zero attached hydrogens (tertiary/aromatic N) is 1. The third-order valence-corrected chi connectivity index (χ3v) is 3.75. The third-order valence-electron chi connectivity index (χ3n) is 1.86. The summed E-state index contributed by atoms with van der Waals surface area (Å²) in [5.74, 6) is 0. The largest absolute Gasteiger partial charge is 0.351 e. The molecule has 0 radical (unpaired) electrons. The molecule has 0 fully saturated rings. The molecule has 0 heterocycles. The number of nitrogens with two attached hydrogens (primary N) is 1. The average Bonchev–Trinajstić information content (AvgIpc) is 2.19. The van der Waals surface area contributed by atoms with Crippen LogP contribution in [0, 0.1) is 0 Å². The van der Waals surface area contributed by atoms with Crippen LogP contribution in [0.1, 0.15) is 6.92 Å². The lowest BCUT2D eigenvalue weighted by molar-refractivity contribution is 0.233. The second kappa shape index (κ2) is 4.31. The van der Waals surface area contributed by atoms with E-state index in [0.717, 1.165) is 0 Å². The predicted molar refractivity (Wildman–Crippen MR) is 55.6 cm³/mol. The van der Waals surface area contributed by atoms with Gasteiger partial charge < -0.3 is 5.73 Å². The van der Waals surface area contributed by atoms with Crippen LogP contribution in [-0.2, 0) is 10.0 Å². The van der Waals surface area contributed by atoms with Gasteiger partial charge in [0.25, 0.3) is 10.0 Å². The fourth-order valence-corrected chi connectivity index (χ4v) is 2.50. The summed E-state index contributed by atoms with van der Waals surface area (Å²) in [4.78, 5) is 11.0. The Bertz CT molecular complexity index is 442. The fraction of sp³-hybridized carbons (Fsp3) is 0.222. The van der Waals surface area contributed by atoms with E-state index in [1.807, 2.05) is 0 Å². The van der Waals surface area contributed by atoms with E-state index in [0.29, 0.717) is 4.31 Å². The van der Waals surface area contributed by atoms with Gasteiger partial charge in [-0.25, -0.2) is 17.5 Å². The van der Waals surface area contributed by atoms with Gasteiger partial charge in [0.2, 0.25) is 0 Å². The summed E-state index contributed by atoms with van der Waals surface area (Å²) in [6.07, 6.45) is 0. The van der Waals surface area contributed by atoms with E-state index < -0.39 is 16.1 Å². The van der Waals surface area contributed by atoms with Crippen LogP contribution in [-0.4, -0.2) is 25.3 Å². The lowest BCUT2D eigenvalue weighted by atomic mass is 10.4. The second-order valence-electron chi connectivity index (χ2n) is 2.82. The van der Waals surface area contributed by atoms with Crippen molar-refractivity contribution in [1.29, 1.82) is 0 Å². The van der Waals surface area contributed by atoms with E-state index in [1.54, 1.807) is 25.1 Å². The van der Waals surface area contributed by atoms with E-state index in [4.69, 9.17) is 5.73 Å². The zero-order valence-electron chi connectivity index (χ0n) is 8.25. The number of urea groups is 1. The molecule has 0 spiro atoms. The van der Waals surface area contributed by atoms with Gasteiger partial charge in [0.1, 0.15) is 0 Å². The third kappa shape index (κ3) is 2.27. The summed E-state index contributed by atoms with van der Waals surface area (Å²) in [5, 5.41) is 0. The molecular weight excluding hydrogens is 216 g/mol. The highest BCUT2D eigenvalue weighted by atomic mass is 32.2. The van der Waals surface area contributed by atoms with Crippen molar-refractivity contribution < 1.29 is 13.2 Å². The van der Waals surface area contributed by atoms with Crippen molar-refractivity contribution >= 4 is 16.1 Å². The summed E-state index contributed by atoms with van der Waals surface area (Å²) in [6.45, 7) is 1.57. The molecule has 0 atom stereocenters. The number of primary amides is 1. The quantitative estimate of drug-likeness (QED) is 0.830. The normalized spacial score (nSPS) is 11.0. The van der Waals surface area contributed by atoms with Crippen LogP contribution in [0.4, 0.5) is 4.79 Å². The maximum atomic E-state index is 11.8. The van der Waals surface area contributed by atoms with Crippen molar-refractivity contribution in [2.75, 3.05) is 6.54 Å². The molecule has 0 saturated heterocycles. The van der Waals surface area contributed by atoms with Gasteiger partial charge in [0.15, 0.2) is 0 Å². The molecule has 1 aromatic rings. The Labute approximate surface area is 88.5 Å². The molecule has 82 valence electrons. The van der Waals surface area contributed by atoms with Crippen molar-refractivity contribution in [3.8, 4) is 0 Å². The lowest BCUT2D eigenvalue weighted by Gasteiger charge is -2.17. The molecule has 0 bridgehead atoms. The molecule has 5 nitrogen and oxygen atoms in total. The van der Waals surface area contributed by atoms with Gasteiger partial charge in [-0.2, -0.15) is 0 Å². The topological polar surface area (TPSA) is 80.5 Å². The van der Waals surface area contributed by atoms with Gasteiger partial charge in [0, 0.05) is 6.54 Å². The van der Waals surface area contributed by atoms with Crippen LogP contribution in [0.3, 0.4) is 0 Å². The zero-order valence-corrected chi connectivity index (χ0v) is 9.07. The number of carbonyl (C=O) groups excluding carboxylic acids is 1. The van der Waals surface area contributed by atoms with E-state index in [9.17, 15) is 13.2 Å². The number of sulfonamides is 1. The molecule has 0 saturated carbocycles. The van der Waals surface area contributed by atoms with Crippen molar-refractivity contribution in [3.05, 3.63) is 30.3 Å². The summed E-state index contributed by atoms with van der Waals surface area (Å²) in [6, 6.07) is 6.73. The average molecular weight is 228 g/mol. The molecule has 2 N–H and O–H groups in total. The highest BCUT2D eigenvalue weighted by molar-refractivity contribution is 7.89. The molecule has 0 aliphatic carbocycles. The summed E-state index contributed by atoms with van der Waals surface area (Å²) in [7, 11) is -3.79.